The topological polar surface area (TPSA) is 75.3 Å². The highest BCUT2D eigenvalue weighted by atomic mass is 19.4. The largest absolute Gasteiger partial charge is 0.472 e. The van der Waals surface area contributed by atoms with Crippen molar-refractivity contribution in [3.05, 3.63) is 58.1 Å². The van der Waals surface area contributed by atoms with Crippen molar-refractivity contribution in [2.45, 2.75) is 18.7 Å². The zero-order valence-corrected chi connectivity index (χ0v) is 12.9. The van der Waals surface area contributed by atoms with Crippen LogP contribution in [0.25, 0.3) is 0 Å². The summed E-state index contributed by atoms with van der Waals surface area (Å²) in [6.07, 6.45) is -2.05. The van der Waals surface area contributed by atoms with E-state index in [1.165, 1.54) is 23.2 Å². The van der Waals surface area contributed by atoms with Gasteiger partial charge in [0.05, 0.1) is 12.1 Å². The van der Waals surface area contributed by atoms with E-state index in [0.717, 1.165) is 18.3 Å². The van der Waals surface area contributed by atoms with Crippen LogP contribution in [0, 0.1) is 0 Å². The van der Waals surface area contributed by atoms with Crippen molar-refractivity contribution >= 4 is 5.91 Å². The first-order valence-electron chi connectivity index (χ1n) is 7.51. The van der Waals surface area contributed by atoms with Crippen molar-refractivity contribution in [3.8, 4) is 5.88 Å². The molecule has 2 aromatic rings. The number of nitrogens with zero attached hydrogens (tertiary/aromatic N) is 2. The van der Waals surface area contributed by atoms with Gasteiger partial charge in [0.25, 0.3) is 5.91 Å². The third-order valence-electron chi connectivity index (χ3n) is 3.80. The SMILES string of the molecule is O=C(c1cc[nH]c(=O)c1)N1CCC(Oc2cc(C(F)(F)F)ccn2)C1. The maximum Gasteiger partial charge on any atom is 0.416 e. The molecule has 1 aliphatic rings. The van der Waals surface area contributed by atoms with E-state index in [2.05, 4.69) is 9.97 Å². The van der Waals surface area contributed by atoms with Gasteiger partial charge in [0.2, 0.25) is 11.4 Å². The summed E-state index contributed by atoms with van der Waals surface area (Å²) in [6, 6.07) is 4.39. The fraction of sp³-hybridized carbons (Fsp3) is 0.312. The highest BCUT2D eigenvalue weighted by Gasteiger charge is 2.32. The van der Waals surface area contributed by atoms with Gasteiger partial charge in [0.15, 0.2) is 0 Å². The Morgan fingerprint density at radius 3 is 2.84 bits per heavy atom. The fourth-order valence-corrected chi connectivity index (χ4v) is 2.59. The number of hydrogen-bond acceptors (Lipinski definition) is 4. The molecule has 1 aliphatic heterocycles. The third-order valence-corrected chi connectivity index (χ3v) is 3.80. The second kappa shape index (κ2) is 6.58. The number of rotatable bonds is 3. The lowest BCUT2D eigenvalue weighted by molar-refractivity contribution is -0.137. The number of hydrogen-bond donors (Lipinski definition) is 1. The molecule has 0 radical (unpaired) electrons. The Morgan fingerprint density at radius 2 is 2.12 bits per heavy atom. The van der Waals surface area contributed by atoms with Crippen molar-refractivity contribution in [1.29, 1.82) is 0 Å². The highest BCUT2D eigenvalue weighted by molar-refractivity contribution is 5.94. The molecule has 0 saturated carbocycles. The number of carbonyl (C=O) groups is 1. The second-order valence-electron chi connectivity index (χ2n) is 5.60. The minimum atomic E-state index is -4.47. The lowest BCUT2D eigenvalue weighted by Gasteiger charge is -2.17. The summed E-state index contributed by atoms with van der Waals surface area (Å²) in [5.74, 6) is -0.459. The molecule has 25 heavy (non-hydrogen) atoms. The average Bonchev–Trinajstić information content (AvgIpc) is 3.02. The molecular formula is C16H14F3N3O3. The summed E-state index contributed by atoms with van der Waals surface area (Å²) in [4.78, 5) is 31.3. The number of nitrogens with one attached hydrogen (secondary N) is 1. The molecule has 0 bridgehead atoms. The normalized spacial score (nSPS) is 17.6. The Morgan fingerprint density at radius 1 is 1.32 bits per heavy atom. The number of pyridine rings is 2. The van der Waals surface area contributed by atoms with E-state index in [4.69, 9.17) is 4.74 Å². The molecule has 6 nitrogen and oxygen atoms in total. The molecule has 0 aliphatic carbocycles. The quantitative estimate of drug-likeness (QED) is 0.917. The van der Waals surface area contributed by atoms with Crippen molar-refractivity contribution in [3.63, 3.8) is 0 Å². The van der Waals surface area contributed by atoms with Crippen LogP contribution in [-0.4, -0.2) is 40.0 Å². The van der Waals surface area contributed by atoms with Gasteiger partial charge in [0, 0.05) is 43.1 Å². The van der Waals surface area contributed by atoms with Gasteiger partial charge in [-0.25, -0.2) is 4.98 Å². The number of amides is 1. The molecule has 1 amide bonds. The minimum absolute atomic E-state index is 0.134. The smallest absolute Gasteiger partial charge is 0.416 e. The number of ether oxygens (including phenoxy) is 1. The molecule has 1 atom stereocenters. The number of H-pyrrole nitrogens is 1. The first kappa shape index (κ1) is 17.0. The van der Waals surface area contributed by atoms with E-state index in [9.17, 15) is 22.8 Å². The molecule has 3 rings (SSSR count). The van der Waals surface area contributed by atoms with Crippen LogP contribution >= 0.6 is 0 Å². The van der Waals surface area contributed by atoms with Crippen LogP contribution in [-0.2, 0) is 6.18 Å². The van der Waals surface area contributed by atoms with Crippen molar-refractivity contribution < 1.29 is 22.7 Å². The van der Waals surface area contributed by atoms with Crippen LogP contribution in [0.2, 0.25) is 0 Å². The molecule has 2 aromatic heterocycles. The molecule has 3 heterocycles. The van der Waals surface area contributed by atoms with Crippen LogP contribution in [0.1, 0.15) is 22.3 Å². The van der Waals surface area contributed by atoms with Crippen molar-refractivity contribution in [2.75, 3.05) is 13.1 Å². The first-order chi connectivity index (χ1) is 11.8. The summed E-state index contributed by atoms with van der Waals surface area (Å²) in [5.41, 5.74) is -0.973. The van der Waals surface area contributed by atoms with Crippen molar-refractivity contribution in [2.24, 2.45) is 0 Å². The fourth-order valence-electron chi connectivity index (χ4n) is 2.59. The Labute approximate surface area is 140 Å². The van der Waals surface area contributed by atoms with Gasteiger partial charge in [0.1, 0.15) is 6.10 Å². The summed E-state index contributed by atoms with van der Waals surface area (Å²) in [6.45, 7) is 0.596. The summed E-state index contributed by atoms with van der Waals surface area (Å²) < 4.78 is 43.6. The molecule has 9 heteroatoms. The van der Waals surface area contributed by atoms with Gasteiger partial charge in [-0.2, -0.15) is 13.2 Å². The second-order valence-corrected chi connectivity index (χ2v) is 5.60. The van der Waals surface area contributed by atoms with Gasteiger partial charge in [-0.15, -0.1) is 0 Å². The number of aromatic amines is 1. The highest BCUT2D eigenvalue weighted by Crippen LogP contribution is 2.31. The number of aromatic nitrogens is 2. The minimum Gasteiger partial charge on any atom is -0.472 e. The molecule has 0 aromatic carbocycles. The van der Waals surface area contributed by atoms with E-state index in [1.54, 1.807) is 0 Å². The van der Waals surface area contributed by atoms with E-state index < -0.39 is 17.8 Å². The maximum atomic E-state index is 12.7. The van der Waals surface area contributed by atoms with Gasteiger partial charge in [-0.1, -0.05) is 0 Å². The predicted molar refractivity (Wildman–Crippen MR) is 81.2 cm³/mol. The number of carbonyl (C=O) groups excluding carboxylic acids is 1. The van der Waals surface area contributed by atoms with E-state index in [0.29, 0.717) is 13.0 Å². The van der Waals surface area contributed by atoms with Crippen LogP contribution in [0.3, 0.4) is 0 Å². The van der Waals surface area contributed by atoms with Crippen molar-refractivity contribution in [1.82, 2.24) is 14.9 Å². The lowest BCUT2D eigenvalue weighted by Crippen LogP contribution is -2.31. The molecule has 1 saturated heterocycles. The molecule has 1 unspecified atom stereocenters. The molecule has 132 valence electrons. The Kier molecular flexibility index (Phi) is 4.47. The van der Waals surface area contributed by atoms with Crippen LogP contribution in [0.4, 0.5) is 13.2 Å². The molecule has 0 spiro atoms. The van der Waals surface area contributed by atoms with Crippen LogP contribution in [0.15, 0.2) is 41.5 Å². The Hall–Kier alpha value is -2.84. The predicted octanol–water partition coefficient (Wildman–Crippen LogP) is 2.08. The third kappa shape index (κ3) is 3.98. The zero-order valence-electron chi connectivity index (χ0n) is 12.9. The number of halogens is 3. The summed E-state index contributed by atoms with van der Waals surface area (Å²) in [7, 11) is 0. The maximum absolute atomic E-state index is 12.7. The molecule has 1 fully saturated rings. The molecule has 1 N–H and O–H groups in total. The van der Waals surface area contributed by atoms with Gasteiger partial charge in [-0.05, 0) is 12.1 Å². The monoisotopic (exact) mass is 353 g/mol. The van der Waals surface area contributed by atoms with Crippen LogP contribution in [0.5, 0.6) is 5.88 Å². The number of likely N-dealkylation sites (tertiary alicyclic amines) is 1. The van der Waals surface area contributed by atoms with E-state index in [1.807, 2.05) is 0 Å². The van der Waals surface area contributed by atoms with Gasteiger partial charge < -0.3 is 14.6 Å². The molecular weight excluding hydrogens is 339 g/mol. The lowest BCUT2D eigenvalue weighted by atomic mass is 10.2. The summed E-state index contributed by atoms with van der Waals surface area (Å²) >= 11 is 0. The number of alkyl halides is 3. The van der Waals surface area contributed by atoms with Gasteiger partial charge >= 0.3 is 6.18 Å². The average molecular weight is 353 g/mol. The van der Waals surface area contributed by atoms with Crippen LogP contribution < -0.4 is 10.3 Å². The Balaban J connectivity index is 1.65. The Bertz CT molecular complexity index is 835. The van der Waals surface area contributed by atoms with E-state index >= 15 is 0 Å². The zero-order chi connectivity index (χ0) is 18.0. The first-order valence-corrected chi connectivity index (χ1v) is 7.51. The van der Waals surface area contributed by atoms with Gasteiger partial charge in [-0.3, -0.25) is 9.59 Å². The standard InChI is InChI=1S/C16H14F3N3O3/c17-16(18,19)11-2-5-21-14(8-11)25-12-3-6-22(9-12)15(24)10-1-4-20-13(23)7-10/h1-2,4-5,7-8,12H,3,6,9H2,(H,20,23). The van der Waals surface area contributed by atoms with E-state index in [-0.39, 0.29) is 29.5 Å². The summed E-state index contributed by atoms with van der Waals surface area (Å²) in [5, 5.41) is 0.